The Morgan fingerprint density at radius 1 is 1.23 bits per heavy atom. The molecule has 1 aliphatic rings. The smallest absolute Gasteiger partial charge is 0.270 e. The lowest BCUT2D eigenvalue weighted by molar-refractivity contribution is -0.384. The molecule has 1 aliphatic heterocycles. The van der Waals surface area contributed by atoms with Gasteiger partial charge in [0, 0.05) is 43.2 Å². The number of non-ortho nitro benzene ring substituents is 1. The molecule has 2 aromatic heterocycles. The predicted molar refractivity (Wildman–Crippen MR) is 104 cm³/mol. The molecule has 30 heavy (non-hydrogen) atoms. The highest BCUT2D eigenvalue weighted by Crippen LogP contribution is 2.21. The molecule has 1 fully saturated rings. The minimum atomic E-state index is -0.820. The van der Waals surface area contributed by atoms with Gasteiger partial charge in [0.15, 0.2) is 5.78 Å². The zero-order valence-electron chi connectivity index (χ0n) is 15.8. The minimum absolute atomic E-state index is 0.160. The molecule has 0 bridgehead atoms. The number of ketones is 1. The number of fused-ring (bicyclic) bond motifs is 1. The summed E-state index contributed by atoms with van der Waals surface area (Å²) in [4.78, 5) is 44.2. The Labute approximate surface area is 169 Å². The molecule has 0 spiro atoms. The van der Waals surface area contributed by atoms with E-state index >= 15 is 0 Å². The summed E-state index contributed by atoms with van der Waals surface area (Å²) in [7, 11) is 0. The molecule has 4 rings (SSSR count). The van der Waals surface area contributed by atoms with Gasteiger partial charge in [0.05, 0.1) is 23.7 Å². The van der Waals surface area contributed by atoms with Gasteiger partial charge in [-0.1, -0.05) is 0 Å². The van der Waals surface area contributed by atoms with Gasteiger partial charge in [-0.2, -0.15) is 0 Å². The largest absolute Gasteiger partial charge is 0.378 e. The molecular formula is C20H17FN4O5. The van der Waals surface area contributed by atoms with Crippen molar-refractivity contribution in [3.05, 3.63) is 69.3 Å². The topological polar surface area (TPSA) is 118 Å². The fraction of sp³-hybridized carbons (Fsp3) is 0.250. The third kappa shape index (κ3) is 3.90. The van der Waals surface area contributed by atoms with Crippen LogP contribution in [0.4, 0.5) is 10.1 Å². The van der Waals surface area contributed by atoms with Crippen molar-refractivity contribution in [3.8, 4) is 0 Å². The summed E-state index contributed by atoms with van der Waals surface area (Å²) in [6, 6.07) is 6.18. The quantitative estimate of drug-likeness (QED) is 0.391. The fourth-order valence-corrected chi connectivity index (χ4v) is 3.33. The normalized spacial score (nSPS) is 14.1. The van der Waals surface area contributed by atoms with Gasteiger partial charge < -0.3 is 14.6 Å². The zero-order valence-corrected chi connectivity index (χ0v) is 15.8. The Hall–Kier alpha value is -3.66. The fourth-order valence-electron chi connectivity index (χ4n) is 3.33. The Morgan fingerprint density at radius 2 is 2.00 bits per heavy atom. The molecule has 3 aromatic rings. The maximum Gasteiger partial charge on any atom is 0.270 e. The number of nitro benzene ring substituents is 1. The molecule has 0 atom stereocenters. The summed E-state index contributed by atoms with van der Waals surface area (Å²) >= 11 is 0. The summed E-state index contributed by atoms with van der Waals surface area (Å²) < 4.78 is 19.2. The average Bonchev–Trinajstić information content (AvgIpc) is 3.17. The van der Waals surface area contributed by atoms with Crippen LogP contribution < -0.4 is 0 Å². The number of H-pyrrole nitrogens is 1. The molecule has 0 saturated carbocycles. The number of amides is 1. The Kier molecular flexibility index (Phi) is 5.23. The van der Waals surface area contributed by atoms with Crippen molar-refractivity contribution in [3.63, 3.8) is 0 Å². The van der Waals surface area contributed by atoms with E-state index in [1.165, 1.54) is 6.20 Å². The second kappa shape index (κ2) is 7.99. The molecule has 1 saturated heterocycles. The highest BCUT2D eigenvalue weighted by molar-refractivity contribution is 5.99. The molecule has 1 N–H and O–H groups in total. The molecule has 1 amide bonds. The summed E-state index contributed by atoms with van der Waals surface area (Å²) in [5.74, 6) is -1.58. The molecule has 10 heteroatoms. The maximum atomic E-state index is 14.0. The molecule has 154 valence electrons. The lowest BCUT2D eigenvalue weighted by Crippen LogP contribution is -2.40. The van der Waals surface area contributed by atoms with Crippen molar-refractivity contribution < 1.29 is 23.6 Å². The number of hydrogen-bond acceptors (Lipinski definition) is 6. The molecular weight excluding hydrogens is 395 g/mol. The van der Waals surface area contributed by atoms with E-state index in [9.17, 15) is 24.1 Å². The number of morpholine rings is 1. The number of carbonyl (C=O) groups excluding carboxylic acids is 2. The van der Waals surface area contributed by atoms with Gasteiger partial charge in [-0.25, -0.2) is 9.37 Å². The van der Waals surface area contributed by atoms with Crippen molar-refractivity contribution in [1.82, 2.24) is 14.9 Å². The van der Waals surface area contributed by atoms with Crippen LogP contribution >= 0.6 is 0 Å². The third-order valence-electron chi connectivity index (χ3n) is 4.88. The van der Waals surface area contributed by atoms with Crippen LogP contribution in [0.2, 0.25) is 0 Å². The van der Waals surface area contributed by atoms with E-state index in [1.54, 1.807) is 17.0 Å². The lowest BCUT2D eigenvalue weighted by Gasteiger charge is -2.26. The van der Waals surface area contributed by atoms with E-state index in [4.69, 9.17) is 4.74 Å². The summed E-state index contributed by atoms with van der Waals surface area (Å²) in [5, 5.41) is 11.5. The van der Waals surface area contributed by atoms with Crippen molar-refractivity contribution in [2.75, 3.05) is 26.3 Å². The summed E-state index contributed by atoms with van der Waals surface area (Å²) in [5.41, 5.74) is 0.673. The van der Waals surface area contributed by atoms with Gasteiger partial charge >= 0.3 is 0 Å². The number of carbonyl (C=O) groups is 2. The van der Waals surface area contributed by atoms with E-state index in [2.05, 4.69) is 9.97 Å². The number of nitrogens with zero attached hydrogens (tertiary/aromatic N) is 3. The van der Waals surface area contributed by atoms with Crippen LogP contribution in [0.5, 0.6) is 0 Å². The second-order valence-corrected chi connectivity index (χ2v) is 6.89. The van der Waals surface area contributed by atoms with E-state index in [1.807, 2.05) is 0 Å². The minimum Gasteiger partial charge on any atom is -0.378 e. The number of rotatable bonds is 5. The molecule has 0 aliphatic carbocycles. The van der Waals surface area contributed by atoms with Crippen LogP contribution in [0.25, 0.3) is 11.0 Å². The van der Waals surface area contributed by atoms with Crippen molar-refractivity contribution in [2.24, 2.45) is 0 Å². The Morgan fingerprint density at radius 3 is 2.73 bits per heavy atom. The first-order valence-corrected chi connectivity index (χ1v) is 9.24. The number of Topliss-reactive ketones (excluding diaryl/α,β-unsaturated/α-hetero) is 1. The number of hydrogen-bond donors (Lipinski definition) is 1. The SMILES string of the molecule is O=C(Cc1cnc2[nH]c(C(=O)N3CCOCC3)cc2c1)c1cc([N+](=O)[O-])ccc1F. The van der Waals surface area contributed by atoms with Gasteiger partial charge in [-0.15, -0.1) is 0 Å². The van der Waals surface area contributed by atoms with Crippen LogP contribution in [0.1, 0.15) is 26.4 Å². The monoisotopic (exact) mass is 412 g/mol. The predicted octanol–water partition coefficient (Wildman–Crippen LogP) is 2.51. The van der Waals surface area contributed by atoms with E-state index in [0.717, 1.165) is 18.2 Å². The van der Waals surface area contributed by atoms with Crippen LogP contribution in [0, 0.1) is 15.9 Å². The first-order valence-electron chi connectivity index (χ1n) is 9.24. The van der Waals surface area contributed by atoms with Crippen molar-refractivity contribution >= 4 is 28.4 Å². The van der Waals surface area contributed by atoms with Gasteiger partial charge in [-0.3, -0.25) is 19.7 Å². The third-order valence-corrected chi connectivity index (χ3v) is 4.88. The number of nitro groups is 1. The number of halogens is 1. The van der Waals surface area contributed by atoms with Crippen LogP contribution in [0.3, 0.4) is 0 Å². The van der Waals surface area contributed by atoms with Gasteiger partial charge in [0.25, 0.3) is 11.6 Å². The lowest BCUT2D eigenvalue weighted by atomic mass is 10.0. The highest BCUT2D eigenvalue weighted by Gasteiger charge is 2.21. The summed E-state index contributed by atoms with van der Waals surface area (Å²) in [6.07, 6.45) is 1.27. The van der Waals surface area contributed by atoms with Crippen LogP contribution in [0.15, 0.2) is 36.5 Å². The number of ether oxygens (including phenoxy) is 1. The van der Waals surface area contributed by atoms with E-state index in [-0.39, 0.29) is 23.6 Å². The maximum absolute atomic E-state index is 14.0. The number of aromatic nitrogens is 2. The molecule has 0 unspecified atom stereocenters. The van der Waals surface area contributed by atoms with E-state index < -0.39 is 16.5 Å². The number of nitrogens with one attached hydrogen (secondary N) is 1. The van der Waals surface area contributed by atoms with Gasteiger partial charge in [0.2, 0.25) is 0 Å². The number of pyridine rings is 1. The first-order chi connectivity index (χ1) is 14.4. The Bertz CT molecular complexity index is 1150. The Balaban J connectivity index is 1.55. The molecule has 1 aromatic carbocycles. The molecule has 3 heterocycles. The first kappa shape index (κ1) is 19.6. The standard InChI is InChI=1S/C20H17FN4O5/c21-16-2-1-14(25(28)29)10-15(16)18(26)8-12-7-13-9-17(23-19(13)22-11-12)20(27)24-3-5-30-6-4-24/h1-2,7,9-11H,3-6,8H2,(H,22,23). The highest BCUT2D eigenvalue weighted by atomic mass is 19.1. The van der Waals surface area contributed by atoms with Gasteiger partial charge in [-0.05, 0) is 23.8 Å². The number of aromatic amines is 1. The molecule has 0 radical (unpaired) electrons. The average molecular weight is 412 g/mol. The second-order valence-electron chi connectivity index (χ2n) is 6.89. The van der Waals surface area contributed by atoms with E-state index in [0.29, 0.717) is 48.6 Å². The van der Waals surface area contributed by atoms with Crippen LogP contribution in [-0.4, -0.2) is 57.8 Å². The van der Waals surface area contributed by atoms with Gasteiger partial charge in [0.1, 0.15) is 17.2 Å². The van der Waals surface area contributed by atoms with Crippen LogP contribution in [-0.2, 0) is 11.2 Å². The zero-order chi connectivity index (χ0) is 21.3. The van der Waals surface area contributed by atoms with Crippen molar-refractivity contribution in [2.45, 2.75) is 6.42 Å². The van der Waals surface area contributed by atoms with Crippen molar-refractivity contribution in [1.29, 1.82) is 0 Å². The number of benzene rings is 1. The molecule has 9 nitrogen and oxygen atoms in total. The summed E-state index contributed by atoms with van der Waals surface area (Å²) in [6.45, 7) is 2.00.